The predicted octanol–water partition coefficient (Wildman–Crippen LogP) is 4.33. The first kappa shape index (κ1) is 16.8. The highest BCUT2D eigenvalue weighted by Crippen LogP contribution is 2.32. The highest BCUT2D eigenvalue weighted by molar-refractivity contribution is 9.10. The van der Waals surface area contributed by atoms with Crippen molar-refractivity contribution in [2.24, 2.45) is 0 Å². The van der Waals surface area contributed by atoms with Crippen molar-refractivity contribution in [3.63, 3.8) is 0 Å². The van der Waals surface area contributed by atoms with Crippen LogP contribution in [0.1, 0.15) is 33.4 Å². The fourth-order valence-corrected chi connectivity index (χ4v) is 1.92. The number of aromatic nitrogens is 1. The molecule has 1 amide bonds. The molecule has 1 heterocycles. The van der Waals surface area contributed by atoms with Gasteiger partial charge in [-0.05, 0) is 42.8 Å². The Hall–Kier alpha value is -1.24. The second-order valence-electron chi connectivity index (χ2n) is 5.45. The third kappa shape index (κ3) is 4.40. The van der Waals surface area contributed by atoms with E-state index in [1.54, 1.807) is 20.8 Å². The largest absolute Gasteiger partial charge is 0.443 e. The van der Waals surface area contributed by atoms with E-state index in [0.29, 0.717) is 10.2 Å². The molecule has 0 N–H and O–H groups in total. The number of nitrogens with zero attached hydrogens (tertiary/aromatic N) is 2. The molecule has 0 radical (unpaired) electrons. The summed E-state index contributed by atoms with van der Waals surface area (Å²) < 4.78 is 31.9. The average Bonchev–Trinajstić information content (AvgIpc) is 2.24. The fraction of sp³-hybridized carbons (Fsp3) is 0.538. The smallest absolute Gasteiger partial charge is 0.414 e. The van der Waals surface area contributed by atoms with Crippen LogP contribution in [0.25, 0.3) is 0 Å². The van der Waals surface area contributed by atoms with E-state index in [1.807, 2.05) is 0 Å². The molecule has 0 spiro atoms. The first-order valence-electron chi connectivity index (χ1n) is 5.92. The molecule has 7 heteroatoms. The molecular formula is C13H17BrF2N2O2. The van der Waals surface area contributed by atoms with Crippen LogP contribution in [0.4, 0.5) is 19.3 Å². The highest BCUT2D eigenvalue weighted by atomic mass is 79.9. The number of halogens is 3. The van der Waals surface area contributed by atoms with Gasteiger partial charge in [0.05, 0.1) is 11.9 Å². The van der Waals surface area contributed by atoms with Gasteiger partial charge in [-0.3, -0.25) is 9.88 Å². The monoisotopic (exact) mass is 350 g/mol. The van der Waals surface area contributed by atoms with E-state index in [-0.39, 0.29) is 5.69 Å². The van der Waals surface area contributed by atoms with E-state index in [1.165, 1.54) is 24.2 Å². The van der Waals surface area contributed by atoms with Crippen LogP contribution in [0, 0.1) is 0 Å². The Bertz CT molecular complexity index is 510. The summed E-state index contributed by atoms with van der Waals surface area (Å²) in [6.07, 6.45) is 0.622. The van der Waals surface area contributed by atoms with E-state index >= 15 is 0 Å². The molecule has 0 aliphatic carbocycles. The van der Waals surface area contributed by atoms with Gasteiger partial charge in [0.1, 0.15) is 11.3 Å². The lowest BCUT2D eigenvalue weighted by atomic mass is 10.2. The molecule has 0 aliphatic heterocycles. The molecule has 4 nitrogen and oxygen atoms in total. The van der Waals surface area contributed by atoms with E-state index in [4.69, 9.17) is 4.74 Å². The zero-order valence-electron chi connectivity index (χ0n) is 12.0. The van der Waals surface area contributed by atoms with Crippen LogP contribution in [0.2, 0.25) is 0 Å². The van der Waals surface area contributed by atoms with Gasteiger partial charge < -0.3 is 4.74 Å². The van der Waals surface area contributed by atoms with Gasteiger partial charge in [0.25, 0.3) is 5.92 Å². The molecule has 20 heavy (non-hydrogen) atoms. The van der Waals surface area contributed by atoms with Crippen LogP contribution in [-0.2, 0) is 10.7 Å². The van der Waals surface area contributed by atoms with Crippen molar-refractivity contribution in [3.05, 3.63) is 22.4 Å². The van der Waals surface area contributed by atoms with E-state index in [2.05, 4.69) is 20.9 Å². The second kappa shape index (κ2) is 5.63. The Balaban J connectivity index is 3.01. The van der Waals surface area contributed by atoms with Crippen LogP contribution >= 0.6 is 15.9 Å². The van der Waals surface area contributed by atoms with Gasteiger partial charge in [-0.2, -0.15) is 8.78 Å². The minimum atomic E-state index is -3.04. The maximum Gasteiger partial charge on any atom is 0.414 e. The van der Waals surface area contributed by atoms with E-state index in [0.717, 1.165) is 6.92 Å². The second-order valence-corrected chi connectivity index (χ2v) is 6.30. The Labute approximate surface area is 125 Å². The van der Waals surface area contributed by atoms with Crippen LogP contribution in [0.15, 0.2) is 16.7 Å². The Morgan fingerprint density at radius 3 is 2.30 bits per heavy atom. The highest BCUT2D eigenvalue weighted by Gasteiger charge is 2.28. The van der Waals surface area contributed by atoms with Gasteiger partial charge in [-0.25, -0.2) is 4.79 Å². The molecule has 0 bridgehead atoms. The standard InChI is InChI=1S/C13H17BrF2N2O2/c1-12(2,3)20-11(19)18(5)9-7-17-10(6-8(9)14)13(4,15)16/h6-7H,1-5H3. The van der Waals surface area contributed by atoms with Crippen molar-refractivity contribution in [2.75, 3.05) is 11.9 Å². The SMILES string of the molecule is CN(C(=O)OC(C)(C)C)c1cnc(C(C)(F)F)cc1Br. The number of pyridine rings is 1. The molecule has 0 saturated heterocycles. The van der Waals surface area contributed by atoms with Gasteiger partial charge in [0.2, 0.25) is 0 Å². The quantitative estimate of drug-likeness (QED) is 0.797. The van der Waals surface area contributed by atoms with Crippen LogP contribution in [0.5, 0.6) is 0 Å². The van der Waals surface area contributed by atoms with Gasteiger partial charge in [0, 0.05) is 18.4 Å². The molecule has 112 valence electrons. The number of carbonyl (C=O) groups is 1. The lowest BCUT2D eigenvalue weighted by molar-refractivity contribution is 0.0127. The maximum atomic E-state index is 13.2. The number of hydrogen-bond donors (Lipinski definition) is 0. The Kier molecular flexibility index (Phi) is 4.74. The van der Waals surface area contributed by atoms with Gasteiger partial charge in [-0.1, -0.05) is 0 Å². The number of rotatable bonds is 2. The molecule has 0 unspecified atom stereocenters. The Morgan fingerprint density at radius 2 is 1.90 bits per heavy atom. The molecule has 0 fully saturated rings. The molecule has 0 saturated carbocycles. The minimum absolute atomic E-state index is 0.345. The summed E-state index contributed by atoms with van der Waals surface area (Å²) in [5, 5.41) is 0. The average molecular weight is 351 g/mol. The molecule has 1 aromatic heterocycles. The van der Waals surface area contributed by atoms with Crippen molar-refractivity contribution < 1.29 is 18.3 Å². The number of ether oxygens (including phenoxy) is 1. The maximum absolute atomic E-state index is 13.2. The van der Waals surface area contributed by atoms with Crippen molar-refractivity contribution in [1.82, 2.24) is 4.98 Å². The van der Waals surface area contributed by atoms with Gasteiger partial charge in [0.15, 0.2) is 0 Å². The lowest BCUT2D eigenvalue weighted by Crippen LogP contribution is -2.34. The third-order valence-electron chi connectivity index (χ3n) is 2.31. The molecule has 0 atom stereocenters. The van der Waals surface area contributed by atoms with E-state index in [9.17, 15) is 13.6 Å². The number of anilines is 1. The zero-order chi connectivity index (χ0) is 15.7. The van der Waals surface area contributed by atoms with Gasteiger partial charge in [-0.15, -0.1) is 0 Å². The van der Waals surface area contributed by atoms with Crippen LogP contribution in [-0.4, -0.2) is 23.7 Å². The topological polar surface area (TPSA) is 42.4 Å². The number of alkyl halides is 2. The van der Waals surface area contributed by atoms with Crippen LogP contribution < -0.4 is 4.90 Å². The first-order chi connectivity index (χ1) is 8.92. The van der Waals surface area contributed by atoms with Crippen molar-refractivity contribution in [1.29, 1.82) is 0 Å². The normalized spacial score (nSPS) is 12.2. The summed E-state index contributed by atoms with van der Waals surface area (Å²) in [7, 11) is 1.49. The minimum Gasteiger partial charge on any atom is -0.443 e. The molecule has 0 aliphatic rings. The summed E-state index contributed by atoms with van der Waals surface area (Å²) in [6, 6.07) is 1.19. The third-order valence-corrected chi connectivity index (χ3v) is 2.95. The predicted molar refractivity (Wildman–Crippen MR) is 76.1 cm³/mol. The summed E-state index contributed by atoms with van der Waals surface area (Å²) in [5.74, 6) is -3.04. The molecule has 0 aromatic carbocycles. The number of amides is 1. The number of carbonyl (C=O) groups excluding carboxylic acids is 1. The van der Waals surface area contributed by atoms with Gasteiger partial charge >= 0.3 is 6.09 Å². The molecule has 1 rings (SSSR count). The van der Waals surface area contributed by atoms with Crippen LogP contribution in [0.3, 0.4) is 0 Å². The zero-order valence-corrected chi connectivity index (χ0v) is 13.6. The van der Waals surface area contributed by atoms with Crippen molar-refractivity contribution in [2.45, 2.75) is 39.2 Å². The molecule has 1 aromatic rings. The summed E-state index contributed by atoms with van der Waals surface area (Å²) >= 11 is 3.17. The number of hydrogen-bond acceptors (Lipinski definition) is 3. The van der Waals surface area contributed by atoms with Crippen molar-refractivity contribution >= 4 is 27.7 Å². The summed E-state index contributed by atoms with van der Waals surface area (Å²) in [5.41, 5.74) is -0.653. The van der Waals surface area contributed by atoms with Crippen molar-refractivity contribution in [3.8, 4) is 0 Å². The van der Waals surface area contributed by atoms with E-state index < -0.39 is 17.6 Å². The first-order valence-corrected chi connectivity index (χ1v) is 6.71. The Morgan fingerprint density at radius 1 is 1.35 bits per heavy atom. The fourth-order valence-electron chi connectivity index (χ4n) is 1.34. The lowest BCUT2D eigenvalue weighted by Gasteiger charge is -2.25. The summed E-state index contributed by atoms with van der Waals surface area (Å²) in [4.78, 5) is 16.8. The summed E-state index contributed by atoms with van der Waals surface area (Å²) in [6.45, 7) is 5.99. The molecular weight excluding hydrogens is 334 g/mol.